The van der Waals surface area contributed by atoms with Gasteiger partial charge in [0.05, 0.1) is 24.4 Å². The van der Waals surface area contributed by atoms with E-state index in [1.54, 1.807) is 30.7 Å². The smallest absolute Gasteiger partial charge is 0.103 e. The number of carbonyl (C=O) groups excluding carboxylic acids is 1. The number of benzene rings is 2. The van der Waals surface area contributed by atoms with Crippen molar-refractivity contribution in [3.8, 4) is 11.3 Å². The van der Waals surface area contributed by atoms with Crippen LogP contribution in [0.15, 0.2) is 90.4 Å². The molecule has 0 amide bonds. The number of nitrogens with zero attached hydrogens (tertiary/aromatic N) is 4. The minimum absolute atomic E-state index is 0.116. The quantitative estimate of drug-likeness (QED) is 0.383. The van der Waals surface area contributed by atoms with Gasteiger partial charge in [0.25, 0.3) is 0 Å². The first-order valence-electron chi connectivity index (χ1n) is 9.31. The van der Waals surface area contributed by atoms with Crippen molar-refractivity contribution in [2.24, 2.45) is 5.10 Å². The molecule has 0 bridgehead atoms. The average Bonchev–Trinajstić information content (AvgIpc) is 3.18. The molecule has 2 aromatic carbocycles. The van der Waals surface area contributed by atoms with Gasteiger partial charge in [-0.05, 0) is 35.4 Å². The number of aromatic nitrogens is 3. The molecule has 0 radical (unpaired) electrons. The SMILES string of the molecule is O=C([O-])c1ccc(N/N=C\c2cn(Cc3ccccc3)nc2-c2cccnc2)cc1. The normalized spacial score (nSPS) is 10.9. The van der Waals surface area contributed by atoms with Crippen LogP contribution in [0.2, 0.25) is 0 Å². The van der Waals surface area contributed by atoms with Gasteiger partial charge in [-0.25, -0.2) is 0 Å². The van der Waals surface area contributed by atoms with E-state index >= 15 is 0 Å². The van der Waals surface area contributed by atoms with Gasteiger partial charge in [-0.3, -0.25) is 15.1 Å². The molecule has 4 rings (SSSR count). The highest BCUT2D eigenvalue weighted by molar-refractivity contribution is 5.89. The molecule has 2 heterocycles. The summed E-state index contributed by atoms with van der Waals surface area (Å²) in [6.45, 7) is 0.639. The van der Waals surface area contributed by atoms with Crippen molar-refractivity contribution in [2.75, 3.05) is 5.43 Å². The maximum atomic E-state index is 10.8. The van der Waals surface area contributed by atoms with E-state index in [1.165, 1.54) is 12.1 Å². The van der Waals surface area contributed by atoms with Crippen LogP contribution < -0.4 is 10.5 Å². The summed E-state index contributed by atoms with van der Waals surface area (Å²) < 4.78 is 1.87. The Hall–Kier alpha value is -4.26. The summed E-state index contributed by atoms with van der Waals surface area (Å²) in [5.74, 6) is -1.21. The number of hydrogen-bond donors (Lipinski definition) is 1. The Kier molecular flexibility index (Phi) is 5.61. The summed E-state index contributed by atoms with van der Waals surface area (Å²) >= 11 is 0. The van der Waals surface area contributed by atoms with E-state index in [0.717, 1.165) is 22.4 Å². The lowest BCUT2D eigenvalue weighted by atomic mass is 10.1. The number of aromatic carboxylic acids is 1. The average molecular weight is 396 g/mol. The van der Waals surface area contributed by atoms with Gasteiger partial charge in [-0.15, -0.1) is 0 Å². The fraction of sp³-hybridized carbons (Fsp3) is 0.0435. The lowest BCUT2D eigenvalue weighted by Crippen LogP contribution is -2.21. The van der Waals surface area contributed by atoms with E-state index in [2.05, 4.69) is 27.6 Å². The zero-order chi connectivity index (χ0) is 20.8. The van der Waals surface area contributed by atoms with Crippen LogP contribution in [0.25, 0.3) is 11.3 Å². The van der Waals surface area contributed by atoms with Gasteiger partial charge in [0.1, 0.15) is 5.69 Å². The highest BCUT2D eigenvalue weighted by Gasteiger charge is 2.10. The number of carboxylic acid groups (broad SMARTS) is 1. The van der Waals surface area contributed by atoms with Gasteiger partial charge >= 0.3 is 0 Å². The molecule has 0 aliphatic carbocycles. The second kappa shape index (κ2) is 8.83. The maximum Gasteiger partial charge on any atom is 0.103 e. The van der Waals surface area contributed by atoms with Crippen molar-refractivity contribution in [2.45, 2.75) is 6.54 Å². The Morgan fingerprint density at radius 2 is 1.87 bits per heavy atom. The van der Waals surface area contributed by atoms with Gasteiger partial charge in [-0.2, -0.15) is 10.2 Å². The Morgan fingerprint density at radius 1 is 1.07 bits per heavy atom. The van der Waals surface area contributed by atoms with Crippen LogP contribution in [-0.4, -0.2) is 26.9 Å². The Balaban J connectivity index is 1.57. The predicted molar refractivity (Wildman–Crippen MR) is 113 cm³/mol. The van der Waals surface area contributed by atoms with Gasteiger partial charge in [0, 0.05) is 29.7 Å². The van der Waals surface area contributed by atoms with Crippen LogP contribution in [0.5, 0.6) is 0 Å². The predicted octanol–water partition coefficient (Wildman–Crippen LogP) is 2.80. The standard InChI is InChI=1S/C23H19N5O2/c29-23(30)18-8-10-21(11-9-18)26-25-14-20-16-28(15-17-5-2-1-3-6-17)27-22(20)19-7-4-12-24-13-19/h1-14,16,26H,15H2,(H,29,30)/p-1/b25-14-. The zero-order valence-corrected chi connectivity index (χ0v) is 16.0. The molecule has 7 nitrogen and oxygen atoms in total. The second-order valence-corrected chi connectivity index (χ2v) is 6.59. The Labute approximate surface area is 173 Å². The number of anilines is 1. The first-order valence-corrected chi connectivity index (χ1v) is 9.31. The van der Waals surface area contributed by atoms with Crippen LogP contribution >= 0.6 is 0 Å². The lowest BCUT2D eigenvalue weighted by Gasteiger charge is -2.04. The van der Waals surface area contributed by atoms with Gasteiger partial charge < -0.3 is 9.90 Å². The van der Waals surface area contributed by atoms with Crippen LogP contribution in [-0.2, 0) is 6.54 Å². The summed E-state index contributed by atoms with van der Waals surface area (Å²) in [5.41, 5.74) is 7.32. The summed E-state index contributed by atoms with van der Waals surface area (Å²) in [7, 11) is 0. The molecule has 0 atom stereocenters. The number of hydrogen-bond acceptors (Lipinski definition) is 6. The summed E-state index contributed by atoms with van der Waals surface area (Å²) in [4.78, 5) is 15.0. The molecule has 0 aliphatic heterocycles. The van der Waals surface area contributed by atoms with Crippen molar-refractivity contribution in [3.05, 3.63) is 102 Å². The fourth-order valence-electron chi connectivity index (χ4n) is 2.97. The monoisotopic (exact) mass is 396 g/mol. The number of carbonyl (C=O) groups is 1. The van der Waals surface area contributed by atoms with E-state index in [0.29, 0.717) is 12.2 Å². The number of pyridine rings is 1. The van der Waals surface area contributed by atoms with E-state index in [-0.39, 0.29) is 5.56 Å². The van der Waals surface area contributed by atoms with Gasteiger partial charge in [0.15, 0.2) is 0 Å². The molecule has 2 aromatic heterocycles. The van der Waals surface area contributed by atoms with Gasteiger partial charge in [0.2, 0.25) is 0 Å². The molecular weight excluding hydrogens is 378 g/mol. The summed E-state index contributed by atoms with van der Waals surface area (Å²) in [5, 5.41) is 19.8. The molecular formula is C23H18N5O2-. The van der Waals surface area contributed by atoms with Crippen molar-refractivity contribution in [3.63, 3.8) is 0 Å². The Morgan fingerprint density at radius 3 is 2.57 bits per heavy atom. The van der Waals surface area contributed by atoms with Crippen LogP contribution in [0.1, 0.15) is 21.5 Å². The van der Waals surface area contributed by atoms with Crippen molar-refractivity contribution >= 4 is 17.9 Å². The molecule has 4 aromatic rings. The molecule has 30 heavy (non-hydrogen) atoms. The van der Waals surface area contributed by atoms with Gasteiger partial charge in [-0.1, -0.05) is 42.5 Å². The largest absolute Gasteiger partial charge is 0.545 e. The molecule has 7 heteroatoms. The molecule has 0 saturated carbocycles. The van der Waals surface area contributed by atoms with E-state index in [1.807, 2.05) is 41.2 Å². The minimum Gasteiger partial charge on any atom is -0.545 e. The molecule has 0 aliphatic rings. The molecule has 0 fully saturated rings. The number of hydrazone groups is 1. The first-order chi connectivity index (χ1) is 14.7. The highest BCUT2D eigenvalue weighted by atomic mass is 16.4. The molecule has 0 saturated heterocycles. The van der Waals surface area contributed by atoms with Crippen molar-refractivity contribution in [1.82, 2.24) is 14.8 Å². The van der Waals surface area contributed by atoms with E-state index < -0.39 is 5.97 Å². The van der Waals surface area contributed by atoms with E-state index in [4.69, 9.17) is 5.10 Å². The van der Waals surface area contributed by atoms with E-state index in [9.17, 15) is 9.90 Å². The topological polar surface area (TPSA) is 95.2 Å². The summed E-state index contributed by atoms with van der Waals surface area (Å²) in [6.07, 6.45) is 7.10. The first kappa shape index (κ1) is 19.1. The Bertz CT molecular complexity index is 1150. The molecule has 148 valence electrons. The number of carboxylic acids is 1. The third kappa shape index (κ3) is 4.59. The molecule has 0 spiro atoms. The zero-order valence-electron chi connectivity index (χ0n) is 16.0. The van der Waals surface area contributed by atoms with Crippen LogP contribution in [0, 0.1) is 0 Å². The van der Waals surface area contributed by atoms with Crippen LogP contribution in [0.4, 0.5) is 5.69 Å². The number of nitrogens with one attached hydrogen (secondary N) is 1. The highest BCUT2D eigenvalue weighted by Crippen LogP contribution is 2.20. The summed E-state index contributed by atoms with van der Waals surface area (Å²) in [6, 6.07) is 20.1. The molecule has 1 N–H and O–H groups in total. The lowest BCUT2D eigenvalue weighted by molar-refractivity contribution is -0.255. The molecule has 0 unspecified atom stereocenters. The minimum atomic E-state index is -1.21. The second-order valence-electron chi connectivity index (χ2n) is 6.59. The third-order valence-electron chi connectivity index (χ3n) is 4.43. The third-order valence-corrected chi connectivity index (χ3v) is 4.43. The maximum absolute atomic E-state index is 10.8. The number of rotatable bonds is 7. The van der Waals surface area contributed by atoms with Crippen LogP contribution in [0.3, 0.4) is 0 Å². The van der Waals surface area contributed by atoms with Crippen molar-refractivity contribution in [1.29, 1.82) is 0 Å². The van der Waals surface area contributed by atoms with Crippen molar-refractivity contribution < 1.29 is 9.90 Å². The fourth-order valence-corrected chi connectivity index (χ4v) is 2.97.